The number of aryl methyl sites for hydroxylation is 1. The molecule has 3 rings (SSSR count). The van der Waals surface area contributed by atoms with Gasteiger partial charge in [0.05, 0.1) is 16.3 Å². The Morgan fingerprint density at radius 1 is 0.967 bits per heavy atom. The van der Waals surface area contributed by atoms with Gasteiger partial charge in [-0.3, -0.25) is 0 Å². The lowest BCUT2D eigenvalue weighted by atomic mass is 10.1. The molecule has 0 aliphatic heterocycles. The van der Waals surface area contributed by atoms with Crippen molar-refractivity contribution in [2.24, 2.45) is 0 Å². The molecule has 0 amide bonds. The Morgan fingerprint density at radius 2 is 1.63 bits per heavy atom. The van der Waals surface area contributed by atoms with E-state index in [9.17, 15) is 13.2 Å². The largest absolute Gasteiger partial charge is 0.416 e. The van der Waals surface area contributed by atoms with Gasteiger partial charge in [0.25, 0.3) is 0 Å². The predicted octanol–water partition coefficient (Wildman–Crippen LogP) is 7.07. The third-order valence-corrected chi connectivity index (χ3v) is 5.34. The van der Waals surface area contributed by atoms with Crippen molar-refractivity contribution in [2.75, 3.05) is 5.32 Å². The minimum absolute atomic E-state index is 0.0391. The molecule has 0 aliphatic rings. The van der Waals surface area contributed by atoms with Gasteiger partial charge < -0.3 is 10.2 Å². The predicted molar refractivity (Wildman–Crippen MR) is 120 cm³/mol. The molecule has 2 nitrogen and oxygen atoms in total. The van der Waals surface area contributed by atoms with Crippen LogP contribution >= 0.6 is 23.8 Å². The number of nitrogens with one attached hydrogen (secondary N) is 1. The number of halogens is 4. The SMILES string of the molecule is Cc1ccccc1CN(Cc1ccccc1)C(=S)Nc1ccc(C(F)(F)F)cc1Cl. The summed E-state index contributed by atoms with van der Waals surface area (Å²) in [6.45, 7) is 3.12. The number of benzene rings is 3. The van der Waals surface area contributed by atoms with Crippen LogP contribution in [0.15, 0.2) is 72.8 Å². The number of anilines is 1. The van der Waals surface area contributed by atoms with Gasteiger partial charge in [0, 0.05) is 13.1 Å². The van der Waals surface area contributed by atoms with Gasteiger partial charge in [0.2, 0.25) is 0 Å². The Kier molecular flexibility index (Phi) is 7.00. The van der Waals surface area contributed by atoms with E-state index in [1.807, 2.05) is 66.4 Å². The molecular weight excluding hydrogens is 429 g/mol. The van der Waals surface area contributed by atoms with Crippen LogP contribution in [0.5, 0.6) is 0 Å². The van der Waals surface area contributed by atoms with Gasteiger partial charge in [0.1, 0.15) is 0 Å². The van der Waals surface area contributed by atoms with Crippen molar-refractivity contribution in [3.63, 3.8) is 0 Å². The molecule has 0 heterocycles. The van der Waals surface area contributed by atoms with Crippen molar-refractivity contribution in [1.82, 2.24) is 4.90 Å². The zero-order valence-electron chi connectivity index (χ0n) is 16.2. The van der Waals surface area contributed by atoms with Crippen molar-refractivity contribution in [1.29, 1.82) is 0 Å². The Hall–Kier alpha value is -2.57. The second-order valence-corrected chi connectivity index (χ2v) is 7.68. The van der Waals surface area contributed by atoms with E-state index in [-0.39, 0.29) is 5.02 Å². The number of hydrogen-bond acceptors (Lipinski definition) is 1. The molecule has 0 saturated carbocycles. The summed E-state index contributed by atoms with van der Waals surface area (Å²) in [5, 5.41) is 3.35. The van der Waals surface area contributed by atoms with Crippen molar-refractivity contribution >= 4 is 34.6 Å². The van der Waals surface area contributed by atoms with Crippen LogP contribution in [0.2, 0.25) is 5.02 Å². The third kappa shape index (κ3) is 5.74. The van der Waals surface area contributed by atoms with Gasteiger partial charge in [-0.2, -0.15) is 13.2 Å². The highest BCUT2D eigenvalue weighted by molar-refractivity contribution is 7.80. The maximum Gasteiger partial charge on any atom is 0.416 e. The summed E-state index contributed by atoms with van der Waals surface area (Å²) in [4.78, 5) is 1.96. The van der Waals surface area contributed by atoms with Gasteiger partial charge in [0.15, 0.2) is 5.11 Å². The van der Waals surface area contributed by atoms with E-state index in [2.05, 4.69) is 5.32 Å². The summed E-state index contributed by atoms with van der Waals surface area (Å²) in [6, 6.07) is 21.0. The Bertz CT molecular complexity index is 1020. The number of alkyl halides is 3. The fourth-order valence-corrected chi connectivity index (χ4v) is 3.45. The van der Waals surface area contributed by atoms with Crippen LogP contribution < -0.4 is 5.32 Å². The maximum absolute atomic E-state index is 12.9. The molecule has 1 N–H and O–H groups in total. The second kappa shape index (κ2) is 9.49. The highest BCUT2D eigenvalue weighted by Gasteiger charge is 2.31. The summed E-state index contributed by atoms with van der Waals surface area (Å²) in [5.74, 6) is 0. The monoisotopic (exact) mass is 448 g/mol. The van der Waals surface area contributed by atoms with Crippen molar-refractivity contribution in [2.45, 2.75) is 26.2 Å². The normalized spacial score (nSPS) is 11.2. The first-order valence-electron chi connectivity index (χ1n) is 9.25. The summed E-state index contributed by atoms with van der Waals surface area (Å²) in [6.07, 6.45) is -4.45. The average Bonchev–Trinajstić information content (AvgIpc) is 2.70. The lowest BCUT2D eigenvalue weighted by Crippen LogP contribution is -2.34. The van der Waals surface area contributed by atoms with Crippen molar-refractivity contribution in [3.8, 4) is 0 Å². The van der Waals surface area contributed by atoms with Crippen LogP contribution in [0, 0.1) is 6.92 Å². The minimum atomic E-state index is -4.45. The molecule has 0 fully saturated rings. The van der Waals surface area contributed by atoms with E-state index < -0.39 is 11.7 Å². The molecule has 0 spiro atoms. The number of hydrogen-bond donors (Lipinski definition) is 1. The van der Waals surface area contributed by atoms with Crippen molar-refractivity contribution in [3.05, 3.63) is 100 Å². The lowest BCUT2D eigenvalue weighted by molar-refractivity contribution is -0.137. The average molecular weight is 449 g/mol. The highest BCUT2D eigenvalue weighted by atomic mass is 35.5. The molecule has 0 aromatic heterocycles. The van der Waals surface area contributed by atoms with Crippen LogP contribution in [-0.4, -0.2) is 10.0 Å². The molecule has 3 aromatic rings. The lowest BCUT2D eigenvalue weighted by Gasteiger charge is -2.27. The molecule has 0 saturated heterocycles. The maximum atomic E-state index is 12.9. The van der Waals surface area contributed by atoms with Crippen LogP contribution in [0.4, 0.5) is 18.9 Å². The molecule has 0 aliphatic carbocycles. The van der Waals surface area contributed by atoms with Gasteiger partial charge >= 0.3 is 6.18 Å². The molecule has 156 valence electrons. The zero-order chi connectivity index (χ0) is 21.7. The zero-order valence-corrected chi connectivity index (χ0v) is 17.8. The van der Waals surface area contributed by atoms with Gasteiger partial charge in [-0.05, 0) is 54.0 Å². The molecule has 0 unspecified atom stereocenters. The standard InChI is InChI=1S/C23H20ClF3N2S/c1-16-7-5-6-10-18(16)15-29(14-17-8-3-2-4-9-17)22(30)28-21-12-11-19(13-20(21)24)23(25,26)27/h2-13H,14-15H2,1H3,(H,28,30). The van der Waals surface area contributed by atoms with Gasteiger partial charge in [-0.25, -0.2) is 0 Å². The fourth-order valence-electron chi connectivity index (χ4n) is 2.98. The highest BCUT2D eigenvalue weighted by Crippen LogP contribution is 2.34. The van der Waals surface area contributed by atoms with E-state index in [0.29, 0.717) is 23.9 Å². The summed E-state index contributed by atoms with van der Waals surface area (Å²) in [7, 11) is 0. The number of thiocarbonyl (C=S) groups is 1. The van der Waals surface area contributed by atoms with Crippen LogP contribution in [0.1, 0.15) is 22.3 Å². The van der Waals surface area contributed by atoms with E-state index in [4.69, 9.17) is 23.8 Å². The molecule has 30 heavy (non-hydrogen) atoms. The third-order valence-electron chi connectivity index (χ3n) is 4.66. The van der Waals surface area contributed by atoms with Crippen LogP contribution in [0.3, 0.4) is 0 Å². The Labute approximate surface area is 184 Å². The Balaban J connectivity index is 1.83. The van der Waals surface area contributed by atoms with E-state index in [1.54, 1.807) is 0 Å². The van der Waals surface area contributed by atoms with E-state index in [0.717, 1.165) is 28.8 Å². The molecular formula is C23H20ClF3N2S. The quantitative estimate of drug-likeness (QED) is 0.420. The van der Waals surface area contributed by atoms with Crippen LogP contribution in [-0.2, 0) is 19.3 Å². The molecule has 7 heteroatoms. The summed E-state index contributed by atoms with van der Waals surface area (Å²) >= 11 is 11.7. The Morgan fingerprint density at radius 3 is 2.27 bits per heavy atom. The molecule has 3 aromatic carbocycles. The first-order chi connectivity index (χ1) is 14.2. The summed E-state index contributed by atoms with van der Waals surface area (Å²) in [5.41, 5.74) is 2.83. The molecule has 0 radical (unpaired) electrons. The van der Waals surface area contributed by atoms with Crippen LogP contribution in [0.25, 0.3) is 0 Å². The fraction of sp³-hybridized carbons (Fsp3) is 0.174. The van der Waals surface area contributed by atoms with Gasteiger partial charge in [-0.15, -0.1) is 0 Å². The number of rotatable bonds is 5. The van der Waals surface area contributed by atoms with Gasteiger partial charge in [-0.1, -0.05) is 66.2 Å². The van der Waals surface area contributed by atoms with E-state index >= 15 is 0 Å². The topological polar surface area (TPSA) is 15.3 Å². The van der Waals surface area contributed by atoms with Crippen molar-refractivity contribution < 1.29 is 13.2 Å². The second-order valence-electron chi connectivity index (χ2n) is 6.89. The van der Waals surface area contributed by atoms with E-state index in [1.165, 1.54) is 6.07 Å². The smallest absolute Gasteiger partial charge is 0.340 e. The minimum Gasteiger partial charge on any atom is -0.340 e. The first-order valence-corrected chi connectivity index (χ1v) is 10.0. The molecule has 0 bridgehead atoms. The number of nitrogens with zero attached hydrogens (tertiary/aromatic N) is 1. The summed E-state index contributed by atoms with van der Waals surface area (Å²) < 4.78 is 38.7. The molecule has 0 atom stereocenters. The first kappa shape index (κ1) is 22.1.